The molecule has 4 heteroatoms. The van der Waals surface area contributed by atoms with Crippen LogP contribution in [0.4, 0.5) is 0 Å². The third-order valence-electron chi connectivity index (χ3n) is 3.66. The molecule has 2 unspecified atom stereocenters. The lowest BCUT2D eigenvalue weighted by molar-refractivity contribution is -0.124. The molecule has 2 atom stereocenters. The van der Waals surface area contributed by atoms with Gasteiger partial charge in [-0.05, 0) is 43.2 Å². The first kappa shape index (κ1) is 13.6. The van der Waals surface area contributed by atoms with Crippen LogP contribution in [0.2, 0.25) is 0 Å². The fourth-order valence-electron chi connectivity index (χ4n) is 2.45. The quantitative estimate of drug-likeness (QED) is 0.857. The van der Waals surface area contributed by atoms with Gasteiger partial charge in [-0.1, -0.05) is 19.4 Å². The number of piperidine rings is 1. The van der Waals surface area contributed by atoms with Crippen molar-refractivity contribution in [2.45, 2.75) is 38.6 Å². The highest BCUT2D eigenvalue weighted by Crippen LogP contribution is 2.19. The molecule has 18 heavy (non-hydrogen) atoms. The number of hydrogen-bond donors (Lipinski definition) is 2. The van der Waals surface area contributed by atoms with Crippen molar-refractivity contribution in [3.63, 3.8) is 0 Å². The van der Waals surface area contributed by atoms with Gasteiger partial charge in [0.15, 0.2) is 0 Å². The third-order valence-corrected chi connectivity index (χ3v) is 4.59. The van der Waals surface area contributed by atoms with Gasteiger partial charge >= 0.3 is 0 Å². The molecule has 0 bridgehead atoms. The Kier molecular flexibility index (Phi) is 5.20. The van der Waals surface area contributed by atoms with Gasteiger partial charge in [-0.3, -0.25) is 4.79 Å². The molecular weight excluding hydrogens is 244 g/mol. The van der Waals surface area contributed by atoms with Crippen LogP contribution in [0.25, 0.3) is 0 Å². The Balaban J connectivity index is 1.70. The third kappa shape index (κ3) is 3.82. The van der Waals surface area contributed by atoms with E-state index in [1.54, 1.807) is 11.3 Å². The highest BCUT2D eigenvalue weighted by atomic mass is 32.1. The van der Waals surface area contributed by atoms with Crippen LogP contribution >= 0.6 is 11.3 Å². The molecular formula is C14H22N2OS. The van der Waals surface area contributed by atoms with Crippen molar-refractivity contribution in [1.82, 2.24) is 10.6 Å². The van der Waals surface area contributed by atoms with Crippen LogP contribution in [-0.2, 0) is 11.2 Å². The Morgan fingerprint density at radius 3 is 3.22 bits per heavy atom. The second-order valence-electron chi connectivity index (χ2n) is 4.93. The molecule has 1 aromatic rings. The summed E-state index contributed by atoms with van der Waals surface area (Å²) in [5.41, 5.74) is 0. The van der Waals surface area contributed by atoms with Crippen LogP contribution < -0.4 is 10.6 Å². The molecule has 0 radical (unpaired) electrons. The molecule has 0 aliphatic carbocycles. The fourth-order valence-corrected chi connectivity index (χ4v) is 3.16. The summed E-state index contributed by atoms with van der Waals surface area (Å²) in [6.07, 6.45) is 4.31. The minimum Gasteiger partial charge on any atom is -0.354 e. The van der Waals surface area contributed by atoms with Crippen molar-refractivity contribution < 1.29 is 4.79 Å². The Morgan fingerprint density at radius 2 is 2.50 bits per heavy atom. The van der Waals surface area contributed by atoms with Crippen LogP contribution in [0, 0.1) is 5.92 Å². The maximum absolute atomic E-state index is 12.0. The second kappa shape index (κ2) is 6.90. The Bertz CT molecular complexity index is 364. The zero-order chi connectivity index (χ0) is 12.8. The number of amides is 1. The summed E-state index contributed by atoms with van der Waals surface area (Å²) >= 11 is 1.75. The molecule has 2 N–H and O–H groups in total. The maximum Gasteiger partial charge on any atom is 0.237 e. The molecule has 2 rings (SSSR count). The van der Waals surface area contributed by atoms with Gasteiger partial charge < -0.3 is 10.6 Å². The van der Waals surface area contributed by atoms with E-state index in [0.717, 1.165) is 25.9 Å². The predicted octanol–water partition coefficient (Wildman–Crippen LogP) is 2.18. The zero-order valence-electron chi connectivity index (χ0n) is 10.9. The van der Waals surface area contributed by atoms with Gasteiger partial charge in [-0.15, -0.1) is 11.3 Å². The molecule has 1 fully saturated rings. The predicted molar refractivity (Wildman–Crippen MR) is 75.8 cm³/mol. The van der Waals surface area contributed by atoms with Crippen LogP contribution in [0.5, 0.6) is 0 Å². The summed E-state index contributed by atoms with van der Waals surface area (Å²) in [6.45, 7) is 3.93. The number of carbonyl (C=O) groups excluding carboxylic acids is 1. The molecule has 0 saturated carbocycles. The van der Waals surface area contributed by atoms with E-state index in [1.807, 2.05) is 0 Å². The summed E-state index contributed by atoms with van der Waals surface area (Å²) in [6, 6.07) is 4.19. The topological polar surface area (TPSA) is 41.1 Å². The van der Waals surface area contributed by atoms with E-state index < -0.39 is 0 Å². The Labute approximate surface area is 113 Å². The van der Waals surface area contributed by atoms with E-state index in [9.17, 15) is 4.79 Å². The van der Waals surface area contributed by atoms with Gasteiger partial charge in [-0.25, -0.2) is 0 Å². The van der Waals surface area contributed by atoms with E-state index in [4.69, 9.17) is 0 Å². The standard InChI is InChI=1S/C14H22N2OS/c1-2-11-5-7-15-13(10-11)14(17)16-8-6-12-4-3-9-18-12/h3-4,9,11,13,15H,2,5-8,10H2,1H3,(H,16,17). The van der Waals surface area contributed by atoms with Gasteiger partial charge in [0.05, 0.1) is 6.04 Å². The van der Waals surface area contributed by atoms with Crippen molar-refractivity contribution >= 4 is 17.2 Å². The Morgan fingerprint density at radius 1 is 1.61 bits per heavy atom. The first-order valence-corrected chi connectivity index (χ1v) is 7.71. The van der Waals surface area contributed by atoms with Crippen LogP contribution in [0.3, 0.4) is 0 Å². The highest BCUT2D eigenvalue weighted by Gasteiger charge is 2.25. The molecule has 1 aromatic heterocycles. The van der Waals surface area contributed by atoms with Crippen molar-refractivity contribution in [2.24, 2.45) is 5.92 Å². The summed E-state index contributed by atoms with van der Waals surface area (Å²) < 4.78 is 0. The Hall–Kier alpha value is -0.870. The summed E-state index contributed by atoms with van der Waals surface area (Å²) in [7, 11) is 0. The minimum atomic E-state index is 0.0204. The van der Waals surface area contributed by atoms with Gasteiger partial charge in [0.2, 0.25) is 5.91 Å². The van der Waals surface area contributed by atoms with Crippen LogP contribution in [-0.4, -0.2) is 25.0 Å². The normalized spacial score (nSPS) is 23.8. The first-order chi connectivity index (χ1) is 8.79. The van der Waals surface area contributed by atoms with E-state index in [2.05, 4.69) is 35.1 Å². The maximum atomic E-state index is 12.0. The van der Waals surface area contributed by atoms with Crippen molar-refractivity contribution in [3.05, 3.63) is 22.4 Å². The van der Waals surface area contributed by atoms with E-state index in [0.29, 0.717) is 5.92 Å². The van der Waals surface area contributed by atoms with E-state index in [-0.39, 0.29) is 11.9 Å². The smallest absolute Gasteiger partial charge is 0.237 e. The monoisotopic (exact) mass is 266 g/mol. The lowest BCUT2D eigenvalue weighted by Crippen LogP contribution is -2.49. The van der Waals surface area contributed by atoms with Gasteiger partial charge in [0.1, 0.15) is 0 Å². The molecule has 100 valence electrons. The fraction of sp³-hybridized carbons (Fsp3) is 0.643. The molecule has 1 amide bonds. The first-order valence-electron chi connectivity index (χ1n) is 6.83. The van der Waals surface area contributed by atoms with Crippen molar-refractivity contribution in [1.29, 1.82) is 0 Å². The summed E-state index contributed by atoms with van der Waals surface area (Å²) in [4.78, 5) is 13.3. The summed E-state index contributed by atoms with van der Waals surface area (Å²) in [5.74, 6) is 0.879. The lowest BCUT2D eigenvalue weighted by atomic mass is 9.90. The minimum absolute atomic E-state index is 0.0204. The van der Waals surface area contributed by atoms with Crippen LogP contribution in [0.15, 0.2) is 17.5 Å². The molecule has 3 nitrogen and oxygen atoms in total. The number of thiophene rings is 1. The number of rotatable bonds is 5. The summed E-state index contributed by atoms with van der Waals surface area (Å²) in [5, 5.41) is 8.43. The zero-order valence-corrected chi connectivity index (χ0v) is 11.8. The van der Waals surface area contributed by atoms with E-state index in [1.165, 1.54) is 17.7 Å². The lowest BCUT2D eigenvalue weighted by Gasteiger charge is -2.28. The average molecular weight is 266 g/mol. The average Bonchev–Trinajstić information content (AvgIpc) is 2.92. The number of carbonyl (C=O) groups is 1. The second-order valence-corrected chi connectivity index (χ2v) is 5.96. The van der Waals surface area contributed by atoms with Crippen molar-refractivity contribution in [3.8, 4) is 0 Å². The molecule has 1 aliphatic rings. The molecule has 1 aliphatic heterocycles. The number of hydrogen-bond acceptors (Lipinski definition) is 3. The van der Waals surface area contributed by atoms with Gasteiger partial charge in [-0.2, -0.15) is 0 Å². The number of nitrogens with one attached hydrogen (secondary N) is 2. The molecule has 2 heterocycles. The molecule has 0 spiro atoms. The van der Waals surface area contributed by atoms with E-state index >= 15 is 0 Å². The van der Waals surface area contributed by atoms with Gasteiger partial charge in [0, 0.05) is 11.4 Å². The molecule has 1 saturated heterocycles. The molecule has 0 aromatic carbocycles. The van der Waals surface area contributed by atoms with Gasteiger partial charge in [0.25, 0.3) is 0 Å². The SMILES string of the molecule is CCC1CCNC(C(=O)NCCc2cccs2)C1. The van der Waals surface area contributed by atoms with Crippen molar-refractivity contribution in [2.75, 3.05) is 13.1 Å². The van der Waals surface area contributed by atoms with Crippen LogP contribution in [0.1, 0.15) is 31.1 Å². The largest absolute Gasteiger partial charge is 0.354 e. The highest BCUT2D eigenvalue weighted by molar-refractivity contribution is 7.09.